The number of likely N-dealkylation sites (tertiary alicyclic amines) is 1. The lowest BCUT2D eigenvalue weighted by molar-refractivity contribution is 0.0827. The number of hydrogen-bond donors (Lipinski definition) is 0. The van der Waals surface area contributed by atoms with E-state index in [4.69, 9.17) is 0 Å². The van der Waals surface area contributed by atoms with E-state index in [1.54, 1.807) is 26.0 Å². The summed E-state index contributed by atoms with van der Waals surface area (Å²) in [4.78, 5) is 20.3. The number of amides is 1. The smallest absolute Gasteiger partial charge is 0.253 e. The van der Waals surface area contributed by atoms with E-state index in [0.29, 0.717) is 5.92 Å². The van der Waals surface area contributed by atoms with Crippen molar-refractivity contribution in [3.8, 4) is 0 Å². The van der Waals surface area contributed by atoms with Gasteiger partial charge < -0.3 is 4.90 Å². The molecule has 1 heterocycles. The summed E-state index contributed by atoms with van der Waals surface area (Å²) in [7, 11) is 5.34. The Labute approximate surface area is 190 Å². The van der Waals surface area contributed by atoms with Crippen molar-refractivity contribution >= 4 is 28.1 Å². The van der Waals surface area contributed by atoms with Gasteiger partial charge in [-0.1, -0.05) is 30.4 Å². The SMILES string of the molecule is C=C(/C=C(\C)CN1CCC(c2ccc(C(=O)N(C)C)cc2)CC1)/C(Br)=C(/C)C=NC. The van der Waals surface area contributed by atoms with Gasteiger partial charge in [0.05, 0.1) is 0 Å². The predicted octanol–water partition coefficient (Wildman–Crippen LogP) is 5.44. The molecule has 0 saturated carbocycles. The average molecular weight is 472 g/mol. The molecular formula is C25H34BrN3O. The summed E-state index contributed by atoms with van der Waals surface area (Å²) >= 11 is 3.63. The largest absolute Gasteiger partial charge is 0.345 e. The second kappa shape index (κ2) is 11.4. The van der Waals surface area contributed by atoms with Gasteiger partial charge in [0, 0.05) is 43.9 Å². The first-order valence-corrected chi connectivity index (χ1v) is 11.2. The molecule has 0 aromatic heterocycles. The van der Waals surface area contributed by atoms with E-state index in [-0.39, 0.29) is 5.91 Å². The molecule has 0 radical (unpaired) electrons. The fraction of sp³-hybridized carbons (Fsp3) is 0.440. The third kappa shape index (κ3) is 6.78. The van der Waals surface area contributed by atoms with Crippen LogP contribution in [0.3, 0.4) is 0 Å². The maximum atomic E-state index is 12.1. The Balaban J connectivity index is 1.90. The lowest BCUT2D eigenvalue weighted by Crippen LogP contribution is -2.34. The van der Waals surface area contributed by atoms with E-state index in [1.807, 2.05) is 25.3 Å². The van der Waals surface area contributed by atoms with Crippen molar-refractivity contribution in [2.75, 3.05) is 40.8 Å². The monoisotopic (exact) mass is 471 g/mol. The molecule has 1 fully saturated rings. The third-order valence-electron chi connectivity index (χ3n) is 5.47. The molecule has 1 aliphatic heterocycles. The van der Waals surface area contributed by atoms with Crippen molar-refractivity contribution in [3.05, 3.63) is 69.2 Å². The molecule has 1 amide bonds. The maximum Gasteiger partial charge on any atom is 0.253 e. The summed E-state index contributed by atoms with van der Waals surface area (Å²) in [5, 5.41) is 0. The summed E-state index contributed by atoms with van der Waals surface area (Å²) in [6.45, 7) is 11.5. The van der Waals surface area contributed by atoms with E-state index in [0.717, 1.165) is 53.7 Å². The summed E-state index contributed by atoms with van der Waals surface area (Å²) < 4.78 is 1.00. The fourth-order valence-corrected chi connectivity index (χ4v) is 4.06. The van der Waals surface area contributed by atoms with Crippen molar-refractivity contribution in [3.63, 3.8) is 0 Å². The van der Waals surface area contributed by atoms with Crippen molar-refractivity contribution in [1.29, 1.82) is 0 Å². The second-order valence-corrected chi connectivity index (χ2v) is 9.07. The van der Waals surface area contributed by atoms with E-state index >= 15 is 0 Å². The highest BCUT2D eigenvalue weighted by Gasteiger charge is 2.21. The standard InChI is InChI=1S/C25H34BrN3O/c1-18(15-19(2)24(26)20(3)16-27-4)17-29-13-11-22(12-14-29)21-7-9-23(10-8-21)25(30)28(5)6/h7-10,15-16,22H,2,11-14,17H2,1,3-6H3/b18-15+,24-20+,27-16?. The molecule has 0 atom stereocenters. The predicted molar refractivity (Wildman–Crippen MR) is 132 cm³/mol. The van der Waals surface area contributed by atoms with Crippen LogP contribution >= 0.6 is 15.9 Å². The number of hydrogen-bond acceptors (Lipinski definition) is 3. The second-order valence-electron chi connectivity index (χ2n) is 8.27. The number of nitrogens with zero attached hydrogens (tertiary/aromatic N) is 3. The molecule has 5 heteroatoms. The van der Waals surface area contributed by atoms with Gasteiger partial charge in [-0.2, -0.15) is 0 Å². The van der Waals surface area contributed by atoms with Gasteiger partial charge in [-0.25, -0.2) is 0 Å². The minimum Gasteiger partial charge on any atom is -0.345 e. The highest BCUT2D eigenvalue weighted by atomic mass is 79.9. The first kappa shape index (κ1) is 24.3. The number of piperidine rings is 1. The van der Waals surface area contributed by atoms with Crippen LogP contribution in [-0.4, -0.2) is 62.7 Å². The molecule has 30 heavy (non-hydrogen) atoms. The van der Waals surface area contributed by atoms with E-state index in [9.17, 15) is 4.79 Å². The molecule has 0 bridgehead atoms. The first-order valence-electron chi connectivity index (χ1n) is 10.4. The average Bonchev–Trinajstić information content (AvgIpc) is 2.73. The van der Waals surface area contributed by atoms with Crippen LogP contribution in [-0.2, 0) is 0 Å². The zero-order valence-corrected chi connectivity index (χ0v) is 20.5. The Morgan fingerprint density at radius 1 is 1.23 bits per heavy atom. The topological polar surface area (TPSA) is 35.9 Å². The minimum atomic E-state index is 0.0545. The Morgan fingerprint density at radius 3 is 2.37 bits per heavy atom. The van der Waals surface area contributed by atoms with Crippen LogP contribution < -0.4 is 0 Å². The first-order chi connectivity index (χ1) is 14.2. The third-order valence-corrected chi connectivity index (χ3v) is 6.60. The maximum absolute atomic E-state index is 12.1. The van der Waals surface area contributed by atoms with Crippen LogP contribution in [0, 0.1) is 0 Å². The van der Waals surface area contributed by atoms with Crippen LogP contribution in [0.15, 0.2) is 63.1 Å². The lowest BCUT2D eigenvalue weighted by Gasteiger charge is -2.32. The van der Waals surface area contributed by atoms with Gasteiger partial charge in [0.15, 0.2) is 0 Å². The molecule has 0 N–H and O–H groups in total. The molecular weight excluding hydrogens is 438 g/mol. The molecule has 1 aliphatic rings. The van der Waals surface area contributed by atoms with Crippen LogP contribution in [0.1, 0.15) is 48.5 Å². The molecule has 4 nitrogen and oxygen atoms in total. The Kier molecular flexibility index (Phi) is 9.25. The number of halogens is 1. The van der Waals surface area contributed by atoms with Gasteiger partial charge >= 0.3 is 0 Å². The quantitative estimate of drug-likeness (QED) is 0.391. The summed E-state index contributed by atoms with van der Waals surface area (Å²) in [5.41, 5.74) is 5.46. The van der Waals surface area contributed by atoms with Crippen molar-refractivity contribution < 1.29 is 4.79 Å². The van der Waals surface area contributed by atoms with Gasteiger partial charge in [-0.15, -0.1) is 0 Å². The number of carbonyl (C=O) groups excluding carboxylic acids is 1. The van der Waals surface area contributed by atoms with Crippen LogP contribution in [0.4, 0.5) is 0 Å². The summed E-state index contributed by atoms with van der Waals surface area (Å²) in [5.74, 6) is 0.621. The van der Waals surface area contributed by atoms with Gasteiger partial charge in [-0.3, -0.25) is 14.7 Å². The zero-order valence-electron chi connectivity index (χ0n) is 18.9. The number of rotatable bonds is 7. The van der Waals surface area contributed by atoms with Gasteiger partial charge in [-0.05, 0) is 90.5 Å². The van der Waals surface area contributed by atoms with Crippen molar-refractivity contribution in [2.45, 2.75) is 32.6 Å². The fourth-order valence-electron chi connectivity index (χ4n) is 3.84. The molecule has 0 unspecified atom stereocenters. The van der Waals surface area contributed by atoms with Gasteiger partial charge in [0.25, 0.3) is 5.91 Å². The van der Waals surface area contributed by atoms with Crippen molar-refractivity contribution in [1.82, 2.24) is 9.80 Å². The zero-order chi connectivity index (χ0) is 22.3. The van der Waals surface area contributed by atoms with Crippen molar-refractivity contribution in [2.24, 2.45) is 4.99 Å². The summed E-state index contributed by atoms with van der Waals surface area (Å²) in [6.07, 6.45) is 6.28. The van der Waals surface area contributed by atoms with E-state index in [1.165, 1.54) is 11.1 Å². The van der Waals surface area contributed by atoms with Crippen LogP contribution in [0.2, 0.25) is 0 Å². The molecule has 0 aliphatic carbocycles. The van der Waals surface area contributed by atoms with Gasteiger partial charge in [0.1, 0.15) is 0 Å². The molecule has 1 aromatic rings. The molecule has 162 valence electrons. The molecule has 1 saturated heterocycles. The van der Waals surface area contributed by atoms with E-state index in [2.05, 4.69) is 57.5 Å². The molecule has 0 spiro atoms. The lowest BCUT2D eigenvalue weighted by atomic mass is 9.88. The minimum absolute atomic E-state index is 0.0545. The van der Waals surface area contributed by atoms with Gasteiger partial charge in [0.2, 0.25) is 0 Å². The molecule has 2 rings (SSSR count). The highest BCUT2D eigenvalue weighted by Crippen LogP contribution is 2.29. The van der Waals surface area contributed by atoms with E-state index < -0.39 is 0 Å². The number of carbonyl (C=O) groups is 1. The Hall–Kier alpha value is -1.98. The number of allylic oxidation sites excluding steroid dienone is 4. The molecule has 1 aromatic carbocycles. The van der Waals surface area contributed by atoms with Crippen LogP contribution in [0.25, 0.3) is 0 Å². The highest BCUT2D eigenvalue weighted by molar-refractivity contribution is 9.12. The Bertz CT molecular complexity index is 842. The van der Waals surface area contributed by atoms with Crippen LogP contribution in [0.5, 0.6) is 0 Å². The Morgan fingerprint density at radius 2 is 1.83 bits per heavy atom. The summed E-state index contributed by atoms with van der Waals surface area (Å²) in [6, 6.07) is 8.16. The number of benzene rings is 1. The normalized spacial score (nSPS) is 17.2. The number of aliphatic imine (C=N–C) groups is 1.